The molecule has 1 aromatic heterocycles. The normalized spacial score (nSPS) is 10.8. The van der Waals surface area contributed by atoms with E-state index in [9.17, 15) is 4.79 Å². The lowest BCUT2D eigenvalue weighted by Crippen LogP contribution is -2.25. The number of rotatable bonds is 5. The van der Waals surface area contributed by atoms with Crippen LogP contribution in [0.4, 0.5) is 0 Å². The van der Waals surface area contributed by atoms with Crippen molar-refractivity contribution in [3.8, 4) is 5.75 Å². The van der Waals surface area contributed by atoms with Crippen LogP contribution < -0.4 is 10.3 Å². The summed E-state index contributed by atoms with van der Waals surface area (Å²) in [6.07, 6.45) is 1.70. The van der Waals surface area contributed by atoms with Crippen LogP contribution in [0.15, 0.2) is 59.5 Å². The number of nitrogens with zero attached hydrogens (tertiary/aromatic N) is 2. The van der Waals surface area contributed by atoms with Gasteiger partial charge in [-0.05, 0) is 23.8 Å². The van der Waals surface area contributed by atoms with Gasteiger partial charge in [-0.2, -0.15) is 5.10 Å². The maximum Gasteiger partial charge on any atom is 0.274 e. The fraction of sp³-hybridized carbons (Fsp3) is 0.176. The van der Waals surface area contributed by atoms with Crippen molar-refractivity contribution in [3.63, 3.8) is 0 Å². The highest BCUT2D eigenvalue weighted by molar-refractivity contribution is 6.17. The van der Waals surface area contributed by atoms with Crippen molar-refractivity contribution in [2.75, 3.05) is 6.61 Å². The van der Waals surface area contributed by atoms with Crippen LogP contribution in [-0.4, -0.2) is 16.4 Å². The van der Waals surface area contributed by atoms with Gasteiger partial charge in [0.2, 0.25) is 0 Å². The highest BCUT2D eigenvalue weighted by Crippen LogP contribution is 2.13. The van der Waals surface area contributed by atoms with E-state index in [0.717, 1.165) is 16.7 Å². The average molecular weight is 315 g/mol. The number of halogens is 1. The molecule has 0 saturated carbocycles. The number of ether oxygens (including phenoxy) is 1. The van der Waals surface area contributed by atoms with Gasteiger partial charge in [0.1, 0.15) is 12.4 Å². The SMILES string of the molecule is O=c1c2ccccc2cnn1CCOc1ccc(CCl)cc1. The first kappa shape index (κ1) is 14.6. The highest BCUT2D eigenvalue weighted by Gasteiger charge is 2.03. The Hall–Kier alpha value is -2.33. The summed E-state index contributed by atoms with van der Waals surface area (Å²) in [5.74, 6) is 1.24. The first-order valence-corrected chi connectivity index (χ1v) is 7.54. The summed E-state index contributed by atoms with van der Waals surface area (Å²) in [6.45, 7) is 0.784. The van der Waals surface area contributed by atoms with E-state index in [1.807, 2.05) is 48.5 Å². The van der Waals surface area contributed by atoms with Gasteiger partial charge in [-0.15, -0.1) is 11.6 Å². The molecule has 3 rings (SSSR count). The van der Waals surface area contributed by atoms with Gasteiger partial charge in [-0.1, -0.05) is 30.3 Å². The van der Waals surface area contributed by atoms with Crippen LogP contribution in [0.3, 0.4) is 0 Å². The molecule has 0 radical (unpaired) electrons. The smallest absolute Gasteiger partial charge is 0.274 e. The Balaban J connectivity index is 1.68. The van der Waals surface area contributed by atoms with Crippen LogP contribution in [0.25, 0.3) is 10.8 Å². The third-order valence-electron chi connectivity index (χ3n) is 3.41. The Morgan fingerprint density at radius 1 is 1.09 bits per heavy atom. The predicted molar refractivity (Wildman–Crippen MR) is 87.5 cm³/mol. The fourth-order valence-electron chi connectivity index (χ4n) is 2.21. The van der Waals surface area contributed by atoms with Crippen LogP contribution in [0.2, 0.25) is 0 Å². The zero-order chi connectivity index (χ0) is 15.4. The molecule has 0 unspecified atom stereocenters. The number of aromatic nitrogens is 2. The zero-order valence-electron chi connectivity index (χ0n) is 11.9. The fourth-order valence-corrected chi connectivity index (χ4v) is 2.39. The van der Waals surface area contributed by atoms with Gasteiger partial charge in [0.05, 0.1) is 18.1 Å². The topological polar surface area (TPSA) is 44.1 Å². The van der Waals surface area contributed by atoms with E-state index in [-0.39, 0.29) is 5.56 Å². The van der Waals surface area contributed by atoms with E-state index in [4.69, 9.17) is 16.3 Å². The molecule has 0 saturated heterocycles. The van der Waals surface area contributed by atoms with Gasteiger partial charge >= 0.3 is 0 Å². The summed E-state index contributed by atoms with van der Waals surface area (Å²) in [7, 11) is 0. The van der Waals surface area contributed by atoms with E-state index in [0.29, 0.717) is 24.4 Å². The molecule has 3 aromatic rings. The van der Waals surface area contributed by atoms with Gasteiger partial charge in [0.25, 0.3) is 5.56 Å². The Morgan fingerprint density at radius 3 is 2.64 bits per heavy atom. The monoisotopic (exact) mass is 314 g/mol. The second kappa shape index (κ2) is 6.62. The molecular formula is C17H15ClN2O2. The molecule has 5 heteroatoms. The molecule has 2 aromatic carbocycles. The second-order valence-electron chi connectivity index (χ2n) is 4.89. The quantitative estimate of drug-likeness (QED) is 0.679. The van der Waals surface area contributed by atoms with Crippen molar-refractivity contribution in [3.05, 3.63) is 70.6 Å². The molecule has 0 aliphatic carbocycles. The summed E-state index contributed by atoms with van der Waals surface area (Å²) >= 11 is 5.74. The molecule has 0 fully saturated rings. The number of alkyl halides is 1. The van der Waals surface area contributed by atoms with Gasteiger partial charge in [-0.3, -0.25) is 4.79 Å². The average Bonchev–Trinajstić information content (AvgIpc) is 2.58. The van der Waals surface area contributed by atoms with Gasteiger partial charge in [-0.25, -0.2) is 4.68 Å². The second-order valence-corrected chi connectivity index (χ2v) is 5.15. The molecule has 1 heterocycles. The van der Waals surface area contributed by atoms with Crippen LogP contribution in [0.5, 0.6) is 5.75 Å². The Bertz CT molecular complexity index is 828. The Kier molecular flexibility index (Phi) is 4.39. The zero-order valence-corrected chi connectivity index (χ0v) is 12.7. The lowest BCUT2D eigenvalue weighted by molar-refractivity contribution is 0.288. The van der Waals surface area contributed by atoms with Crippen LogP contribution >= 0.6 is 11.6 Å². The van der Waals surface area contributed by atoms with Crippen molar-refractivity contribution < 1.29 is 4.74 Å². The molecule has 0 amide bonds. The van der Waals surface area contributed by atoms with Crippen molar-refractivity contribution in [2.24, 2.45) is 0 Å². The highest BCUT2D eigenvalue weighted by atomic mass is 35.5. The van der Waals surface area contributed by atoms with E-state index in [2.05, 4.69) is 5.10 Å². The third-order valence-corrected chi connectivity index (χ3v) is 3.72. The van der Waals surface area contributed by atoms with Crippen molar-refractivity contribution in [1.29, 1.82) is 0 Å². The first-order valence-electron chi connectivity index (χ1n) is 7.00. The molecule has 112 valence electrons. The molecule has 0 aliphatic heterocycles. The van der Waals surface area contributed by atoms with Crippen molar-refractivity contribution in [2.45, 2.75) is 12.4 Å². The predicted octanol–water partition coefficient (Wildman–Crippen LogP) is 3.21. The first-order chi connectivity index (χ1) is 10.8. The minimum atomic E-state index is -0.0980. The summed E-state index contributed by atoms with van der Waals surface area (Å²) in [5, 5.41) is 5.69. The lowest BCUT2D eigenvalue weighted by Gasteiger charge is -2.08. The number of hydrogen-bond donors (Lipinski definition) is 0. The molecule has 0 N–H and O–H groups in total. The maximum atomic E-state index is 12.3. The molecule has 4 nitrogen and oxygen atoms in total. The van der Waals surface area contributed by atoms with Crippen molar-refractivity contribution in [1.82, 2.24) is 9.78 Å². The van der Waals surface area contributed by atoms with Crippen molar-refractivity contribution >= 4 is 22.4 Å². The molecule has 0 aliphatic rings. The van der Waals surface area contributed by atoms with Gasteiger partial charge in [0.15, 0.2) is 0 Å². The lowest BCUT2D eigenvalue weighted by atomic mass is 10.2. The third kappa shape index (κ3) is 3.12. The minimum Gasteiger partial charge on any atom is -0.492 e. The Morgan fingerprint density at radius 2 is 1.86 bits per heavy atom. The number of fused-ring (bicyclic) bond motifs is 1. The standard InChI is InChI=1S/C17H15ClN2O2/c18-11-13-5-7-15(8-6-13)22-10-9-20-17(21)16-4-2-1-3-14(16)12-19-20/h1-8,12H,9-11H2. The van der Waals surface area contributed by atoms with E-state index < -0.39 is 0 Å². The van der Waals surface area contributed by atoms with E-state index in [1.54, 1.807) is 6.20 Å². The summed E-state index contributed by atoms with van der Waals surface area (Å²) in [5.41, 5.74) is 0.945. The van der Waals surface area contributed by atoms with Gasteiger partial charge < -0.3 is 4.74 Å². The molecule has 0 spiro atoms. The molecule has 0 bridgehead atoms. The van der Waals surface area contributed by atoms with Gasteiger partial charge in [0, 0.05) is 11.3 Å². The van der Waals surface area contributed by atoms with Crippen LogP contribution in [-0.2, 0) is 12.4 Å². The maximum absolute atomic E-state index is 12.3. The van der Waals surface area contributed by atoms with E-state index >= 15 is 0 Å². The largest absolute Gasteiger partial charge is 0.492 e. The molecule has 22 heavy (non-hydrogen) atoms. The minimum absolute atomic E-state index is 0.0980. The summed E-state index contributed by atoms with van der Waals surface area (Å²) in [6, 6.07) is 15.0. The summed E-state index contributed by atoms with van der Waals surface area (Å²) in [4.78, 5) is 12.3. The molecule has 0 atom stereocenters. The van der Waals surface area contributed by atoms with E-state index in [1.165, 1.54) is 4.68 Å². The Labute approximate surface area is 132 Å². The number of benzene rings is 2. The van der Waals surface area contributed by atoms with Crippen LogP contribution in [0, 0.1) is 0 Å². The summed E-state index contributed by atoms with van der Waals surface area (Å²) < 4.78 is 7.06. The molecular weight excluding hydrogens is 300 g/mol. The van der Waals surface area contributed by atoms with Crippen LogP contribution in [0.1, 0.15) is 5.56 Å². The number of hydrogen-bond acceptors (Lipinski definition) is 3.